The Balaban J connectivity index is 0.000000235. The van der Waals surface area contributed by atoms with Crippen LogP contribution in [0.5, 0.6) is 5.75 Å². The van der Waals surface area contributed by atoms with Crippen molar-refractivity contribution in [1.29, 1.82) is 0 Å². The van der Waals surface area contributed by atoms with Gasteiger partial charge in [0, 0.05) is 12.6 Å². The number of rotatable bonds is 5. The van der Waals surface area contributed by atoms with E-state index in [1.807, 2.05) is 35.9 Å². The number of esters is 1. The van der Waals surface area contributed by atoms with E-state index in [0.29, 0.717) is 17.9 Å². The number of methoxy groups -OCH3 is 1. The van der Waals surface area contributed by atoms with E-state index in [1.165, 1.54) is 28.5 Å². The Morgan fingerprint density at radius 1 is 1.06 bits per heavy atom. The quantitative estimate of drug-likeness (QED) is 0.271. The van der Waals surface area contributed by atoms with Crippen molar-refractivity contribution in [2.45, 2.75) is 19.2 Å². The van der Waals surface area contributed by atoms with Crippen molar-refractivity contribution in [2.24, 2.45) is 7.05 Å². The molecule has 1 atom stereocenters. The maximum atomic E-state index is 12.6. The van der Waals surface area contributed by atoms with Crippen molar-refractivity contribution < 1.29 is 23.0 Å². The van der Waals surface area contributed by atoms with Crippen LogP contribution < -0.4 is 4.74 Å². The summed E-state index contributed by atoms with van der Waals surface area (Å²) in [5.74, 6) is 1.05. The number of para-hydroxylation sites is 2. The molecule has 33 heavy (non-hydrogen) atoms. The summed E-state index contributed by atoms with van der Waals surface area (Å²) in [7, 11) is 4.83. The van der Waals surface area contributed by atoms with Gasteiger partial charge in [0.2, 0.25) is 0 Å². The van der Waals surface area contributed by atoms with Gasteiger partial charge in [0.25, 0.3) is 5.66 Å². The van der Waals surface area contributed by atoms with Crippen LogP contribution >= 0.6 is 9.24 Å². The second kappa shape index (κ2) is 10.5. The molecule has 1 heterocycles. The standard InChI is InChI=1S/C17H16N2O3.C8H9F2P/c1-19-15-9-4-3-8-14(15)18-16(19)11-22-13-7-5-6-12(10-13)17(20)21-2;1-6-3-2-4-7(5-6)8(9,10)11/h3-10H,11H2,1-2H3;2-5H,11H2,1H3. The molecule has 172 valence electrons. The van der Waals surface area contributed by atoms with Crippen LogP contribution in [0.15, 0.2) is 72.8 Å². The molecule has 0 aliphatic carbocycles. The van der Waals surface area contributed by atoms with E-state index in [1.54, 1.807) is 43.3 Å². The zero-order valence-corrected chi connectivity index (χ0v) is 19.7. The predicted molar refractivity (Wildman–Crippen MR) is 128 cm³/mol. The molecule has 8 heteroatoms. The van der Waals surface area contributed by atoms with Crippen LogP contribution in [0.2, 0.25) is 0 Å². The first-order valence-electron chi connectivity index (χ1n) is 10.1. The highest BCUT2D eigenvalue weighted by Crippen LogP contribution is 2.34. The zero-order valence-electron chi connectivity index (χ0n) is 18.6. The Labute approximate surface area is 193 Å². The largest absolute Gasteiger partial charge is 0.486 e. The fourth-order valence-electron chi connectivity index (χ4n) is 3.16. The van der Waals surface area contributed by atoms with E-state index in [0.717, 1.165) is 22.4 Å². The number of imidazole rings is 1. The number of hydrogen-bond donors (Lipinski definition) is 0. The summed E-state index contributed by atoms with van der Waals surface area (Å²) < 4.78 is 37.6. The van der Waals surface area contributed by atoms with Gasteiger partial charge >= 0.3 is 5.97 Å². The molecule has 0 fully saturated rings. The average molecular weight is 470 g/mol. The van der Waals surface area contributed by atoms with Crippen LogP contribution in [-0.2, 0) is 24.1 Å². The number of carbonyl (C=O) groups is 1. The van der Waals surface area contributed by atoms with Crippen molar-refractivity contribution in [3.63, 3.8) is 0 Å². The molecule has 0 saturated carbocycles. The van der Waals surface area contributed by atoms with Gasteiger partial charge in [-0.3, -0.25) is 0 Å². The highest BCUT2D eigenvalue weighted by molar-refractivity contribution is 7.17. The third kappa shape index (κ3) is 6.36. The molecule has 4 aromatic rings. The minimum absolute atomic E-state index is 0.0440. The minimum Gasteiger partial charge on any atom is -0.486 e. The molecule has 0 amide bonds. The molecule has 0 aliphatic heterocycles. The fraction of sp³-hybridized carbons (Fsp3) is 0.200. The number of halogens is 2. The number of nitrogens with zero attached hydrogens (tertiary/aromatic N) is 2. The summed E-state index contributed by atoms with van der Waals surface area (Å²) in [6.45, 7) is 2.12. The maximum absolute atomic E-state index is 12.6. The van der Waals surface area contributed by atoms with Crippen molar-refractivity contribution in [1.82, 2.24) is 9.55 Å². The molecule has 0 aliphatic rings. The zero-order chi connectivity index (χ0) is 24.0. The number of aryl methyl sites for hydroxylation is 2. The van der Waals surface area contributed by atoms with Crippen molar-refractivity contribution in [3.8, 4) is 5.75 Å². The van der Waals surface area contributed by atoms with E-state index in [4.69, 9.17) is 9.47 Å². The number of ether oxygens (including phenoxy) is 2. The fourth-order valence-corrected chi connectivity index (χ4v) is 3.34. The van der Waals surface area contributed by atoms with E-state index >= 15 is 0 Å². The number of aromatic nitrogens is 2. The van der Waals surface area contributed by atoms with Crippen LogP contribution in [0.25, 0.3) is 11.0 Å². The first kappa shape index (κ1) is 24.3. The highest BCUT2D eigenvalue weighted by atomic mass is 31.0. The lowest BCUT2D eigenvalue weighted by atomic mass is 10.1. The number of fused-ring (bicyclic) bond motifs is 1. The molecule has 0 N–H and O–H groups in total. The second-order valence-corrected chi connectivity index (χ2v) is 8.10. The minimum atomic E-state index is -2.80. The van der Waals surface area contributed by atoms with Crippen molar-refractivity contribution in [3.05, 3.63) is 95.3 Å². The van der Waals surface area contributed by atoms with Gasteiger partial charge in [-0.15, -0.1) is 0 Å². The third-order valence-electron chi connectivity index (χ3n) is 4.91. The molecule has 1 unspecified atom stereocenters. The number of hydrogen-bond acceptors (Lipinski definition) is 4. The summed E-state index contributed by atoms with van der Waals surface area (Å²) in [5.41, 5.74) is 0.555. The lowest BCUT2D eigenvalue weighted by Gasteiger charge is -2.09. The summed E-state index contributed by atoms with van der Waals surface area (Å²) in [6, 6.07) is 21.2. The van der Waals surface area contributed by atoms with Crippen molar-refractivity contribution in [2.75, 3.05) is 7.11 Å². The van der Waals surface area contributed by atoms with Gasteiger partial charge in [0.15, 0.2) is 0 Å². The maximum Gasteiger partial charge on any atom is 0.337 e. The monoisotopic (exact) mass is 470 g/mol. The number of alkyl halides is 2. The van der Waals surface area contributed by atoms with Crippen LogP contribution in [0.4, 0.5) is 8.78 Å². The van der Waals surface area contributed by atoms with Crippen LogP contribution in [0.1, 0.15) is 27.3 Å². The molecular formula is C25H25F2N2O3P. The van der Waals surface area contributed by atoms with Gasteiger partial charge in [0.1, 0.15) is 18.2 Å². The molecule has 0 bridgehead atoms. The molecule has 4 rings (SSSR count). The molecule has 0 radical (unpaired) electrons. The summed E-state index contributed by atoms with van der Waals surface area (Å²) in [5, 5.41) is 0. The van der Waals surface area contributed by atoms with Gasteiger partial charge in [-0.05, 0) is 43.3 Å². The lowest BCUT2D eigenvalue weighted by molar-refractivity contribution is 0.0600. The average Bonchev–Trinajstić information content (AvgIpc) is 3.13. The Morgan fingerprint density at radius 3 is 2.42 bits per heavy atom. The van der Waals surface area contributed by atoms with Crippen LogP contribution in [-0.4, -0.2) is 22.6 Å². The Kier molecular flexibility index (Phi) is 7.77. The first-order chi connectivity index (χ1) is 15.7. The SMILES string of the molecule is COC(=O)c1cccc(OCc2nc3ccccc3n2C)c1.Cc1cccc(C(F)(F)P)c1. The number of benzene rings is 3. The smallest absolute Gasteiger partial charge is 0.337 e. The Hall–Kier alpha value is -3.31. The molecule has 1 aromatic heterocycles. The Bertz CT molecular complexity index is 1250. The Morgan fingerprint density at radius 2 is 1.79 bits per heavy atom. The van der Waals surface area contributed by atoms with Gasteiger partial charge in [-0.2, -0.15) is 8.78 Å². The van der Waals surface area contributed by atoms with E-state index in [2.05, 4.69) is 4.98 Å². The summed E-state index contributed by atoms with van der Waals surface area (Å²) in [6.07, 6.45) is 0. The molecule has 5 nitrogen and oxygen atoms in total. The van der Waals surface area contributed by atoms with E-state index in [9.17, 15) is 13.6 Å². The molecule has 0 saturated heterocycles. The predicted octanol–water partition coefficient (Wildman–Crippen LogP) is 5.86. The highest BCUT2D eigenvalue weighted by Gasteiger charge is 2.23. The molecule has 0 spiro atoms. The first-order valence-corrected chi connectivity index (χ1v) is 10.7. The van der Waals surface area contributed by atoms with Gasteiger partial charge in [0.05, 0.1) is 23.7 Å². The molecular weight excluding hydrogens is 445 g/mol. The third-order valence-corrected chi connectivity index (χ3v) is 5.24. The van der Waals surface area contributed by atoms with Gasteiger partial charge < -0.3 is 14.0 Å². The van der Waals surface area contributed by atoms with E-state index in [-0.39, 0.29) is 11.5 Å². The lowest BCUT2D eigenvalue weighted by Crippen LogP contribution is -2.05. The van der Waals surface area contributed by atoms with Crippen LogP contribution in [0, 0.1) is 6.92 Å². The summed E-state index contributed by atoms with van der Waals surface area (Å²) in [4.78, 5) is 16.1. The summed E-state index contributed by atoms with van der Waals surface area (Å²) >= 11 is 0. The number of carbonyl (C=O) groups excluding carboxylic acids is 1. The van der Waals surface area contributed by atoms with Gasteiger partial charge in [-0.25, -0.2) is 9.78 Å². The topological polar surface area (TPSA) is 53.4 Å². The second-order valence-electron chi connectivity index (χ2n) is 7.38. The van der Waals surface area contributed by atoms with Crippen LogP contribution in [0.3, 0.4) is 0 Å². The normalized spacial score (nSPS) is 11.0. The van der Waals surface area contributed by atoms with Crippen molar-refractivity contribution >= 4 is 26.2 Å². The van der Waals surface area contributed by atoms with Gasteiger partial charge in [-0.1, -0.05) is 51.2 Å². The molecule has 3 aromatic carbocycles. The van der Waals surface area contributed by atoms with E-state index < -0.39 is 5.66 Å².